The van der Waals surface area contributed by atoms with Crippen LogP contribution < -0.4 is 20.1 Å². The maximum absolute atomic E-state index is 11.4. The molecule has 0 aromatic heterocycles. The molecule has 2 aliphatic rings. The summed E-state index contributed by atoms with van der Waals surface area (Å²) >= 11 is 0. The molecule has 0 radical (unpaired) electrons. The lowest BCUT2D eigenvalue weighted by Gasteiger charge is -2.26. The Labute approximate surface area is 171 Å². The SMILES string of the molecule is CN=C(NCCN1CCS(=O)(=O)CC1)NCc1ccc2c(c1)OCO2.I. The molecule has 0 spiro atoms. The van der Waals surface area contributed by atoms with E-state index < -0.39 is 9.84 Å². The summed E-state index contributed by atoms with van der Waals surface area (Å²) < 4.78 is 33.5. The fraction of sp³-hybridized carbons (Fsp3) is 0.562. The minimum Gasteiger partial charge on any atom is -0.454 e. The molecular weight excluding hydrogens is 471 g/mol. The molecule has 1 aromatic rings. The summed E-state index contributed by atoms with van der Waals surface area (Å²) in [5.74, 6) is 2.76. The van der Waals surface area contributed by atoms with Crippen molar-refractivity contribution in [3.05, 3.63) is 23.8 Å². The lowest BCUT2D eigenvalue weighted by Crippen LogP contribution is -2.45. The van der Waals surface area contributed by atoms with Gasteiger partial charge in [0.2, 0.25) is 6.79 Å². The number of fused-ring (bicyclic) bond motifs is 1. The van der Waals surface area contributed by atoms with Crippen molar-refractivity contribution < 1.29 is 17.9 Å². The van der Waals surface area contributed by atoms with E-state index in [1.54, 1.807) is 7.05 Å². The van der Waals surface area contributed by atoms with Crippen molar-refractivity contribution in [2.75, 3.05) is 51.5 Å². The van der Waals surface area contributed by atoms with Crippen molar-refractivity contribution in [1.29, 1.82) is 0 Å². The Kier molecular flexibility index (Phi) is 7.77. The first-order chi connectivity index (χ1) is 12.1. The van der Waals surface area contributed by atoms with Gasteiger partial charge in [0.05, 0.1) is 11.5 Å². The highest BCUT2D eigenvalue weighted by atomic mass is 127. The topological polar surface area (TPSA) is 92.3 Å². The Hall–Kier alpha value is -1.27. The van der Waals surface area contributed by atoms with Crippen LogP contribution in [0.5, 0.6) is 11.5 Å². The highest BCUT2D eigenvalue weighted by Crippen LogP contribution is 2.32. The molecule has 2 aliphatic heterocycles. The number of nitrogens with one attached hydrogen (secondary N) is 2. The molecule has 2 N–H and O–H groups in total. The molecule has 8 nitrogen and oxygen atoms in total. The normalized spacial score (nSPS) is 18.9. The number of nitrogens with zero attached hydrogens (tertiary/aromatic N) is 2. The first kappa shape index (κ1) is 21.0. The Balaban J connectivity index is 0.00000243. The van der Waals surface area contributed by atoms with Gasteiger partial charge in [-0.3, -0.25) is 9.89 Å². The largest absolute Gasteiger partial charge is 0.454 e. The summed E-state index contributed by atoms with van der Waals surface area (Å²) in [7, 11) is -1.10. The van der Waals surface area contributed by atoms with E-state index >= 15 is 0 Å². The maximum Gasteiger partial charge on any atom is 0.231 e. The first-order valence-electron chi connectivity index (χ1n) is 8.31. The van der Waals surface area contributed by atoms with Crippen molar-refractivity contribution in [3.63, 3.8) is 0 Å². The van der Waals surface area contributed by atoms with E-state index in [-0.39, 0.29) is 42.3 Å². The number of benzene rings is 1. The van der Waals surface area contributed by atoms with Crippen LogP contribution in [0.4, 0.5) is 0 Å². The number of hydrogen-bond donors (Lipinski definition) is 2. The second-order valence-corrected chi connectivity index (χ2v) is 8.34. The van der Waals surface area contributed by atoms with E-state index in [1.165, 1.54) is 0 Å². The quantitative estimate of drug-likeness (QED) is 0.347. The van der Waals surface area contributed by atoms with Crippen LogP contribution in [0.2, 0.25) is 0 Å². The van der Waals surface area contributed by atoms with E-state index in [0.717, 1.165) is 23.6 Å². The van der Waals surface area contributed by atoms with Gasteiger partial charge >= 0.3 is 0 Å². The van der Waals surface area contributed by atoms with E-state index in [4.69, 9.17) is 9.47 Å². The standard InChI is InChI=1S/C16H24N4O4S.HI/c1-17-16(18-4-5-20-6-8-25(21,22)9-7-20)19-11-13-2-3-14-15(10-13)24-12-23-14;/h2-3,10H,4-9,11-12H2,1H3,(H2,17,18,19);1H. The zero-order valence-electron chi connectivity index (χ0n) is 14.7. The molecular formula is C16H25IN4O4S. The minimum atomic E-state index is -2.82. The van der Waals surface area contributed by atoms with Crippen LogP contribution in [-0.2, 0) is 16.4 Å². The fourth-order valence-corrected chi connectivity index (χ4v) is 4.04. The maximum atomic E-state index is 11.4. The van der Waals surface area contributed by atoms with Gasteiger partial charge in [-0.1, -0.05) is 6.07 Å². The number of aliphatic imine (C=N–C) groups is 1. The van der Waals surface area contributed by atoms with Gasteiger partial charge in [-0.05, 0) is 17.7 Å². The van der Waals surface area contributed by atoms with Gasteiger partial charge in [0.15, 0.2) is 27.3 Å². The van der Waals surface area contributed by atoms with E-state index in [0.29, 0.717) is 32.1 Å². The van der Waals surface area contributed by atoms with Crippen molar-refractivity contribution in [3.8, 4) is 11.5 Å². The molecule has 3 rings (SSSR count). The minimum absolute atomic E-state index is 0. The highest BCUT2D eigenvalue weighted by Gasteiger charge is 2.21. The second-order valence-electron chi connectivity index (χ2n) is 6.03. The fourth-order valence-electron chi connectivity index (χ4n) is 2.76. The van der Waals surface area contributed by atoms with Gasteiger partial charge in [0.25, 0.3) is 0 Å². The van der Waals surface area contributed by atoms with Crippen LogP contribution >= 0.6 is 24.0 Å². The zero-order valence-corrected chi connectivity index (χ0v) is 17.9. The zero-order chi connectivity index (χ0) is 17.7. The first-order valence-corrected chi connectivity index (χ1v) is 10.1. The molecule has 0 unspecified atom stereocenters. The molecule has 1 saturated heterocycles. The third-order valence-electron chi connectivity index (χ3n) is 4.28. The lowest BCUT2D eigenvalue weighted by atomic mass is 10.2. The summed E-state index contributed by atoms with van der Waals surface area (Å²) in [6, 6.07) is 5.85. The van der Waals surface area contributed by atoms with Gasteiger partial charge in [0.1, 0.15) is 0 Å². The predicted octanol–water partition coefficient (Wildman–Crippen LogP) is 0.429. The molecule has 0 saturated carbocycles. The number of halogens is 1. The molecule has 1 fully saturated rings. The average molecular weight is 496 g/mol. The predicted molar refractivity (Wildman–Crippen MR) is 111 cm³/mol. The van der Waals surface area contributed by atoms with Crippen molar-refractivity contribution in [1.82, 2.24) is 15.5 Å². The Morgan fingerprint density at radius 1 is 1.19 bits per heavy atom. The third kappa shape index (κ3) is 5.88. The number of ether oxygens (including phenoxy) is 2. The van der Waals surface area contributed by atoms with Crippen LogP contribution in [0.3, 0.4) is 0 Å². The van der Waals surface area contributed by atoms with Gasteiger partial charge in [-0.2, -0.15) is 0 Å². The molecule has 26 heavy (non-hydrogen) atoms. The average Bonchev–Trinajstić information content (AvgIpc) is 3.07. The Morgan fingerprint density at radius 2 is 1.92 bits per heavy atom. The molecule has 0 aliphatic carbocycles. The van der Waals surface area contributed by atoms with E-state index in [2.05, 4.69) is 20.5 Å². The summed E-state index contributed by atoms with van der Waals surface area (Å²) in [4.78, 5) is 6.36. The third-order valence-corrected chi connectivity index (χ3v) is 5.89. The van der Waals surface area contributed by atoms with Crippen molar-refractivity contribution in [2.24, 2.45) is 4.99 Å². The highest BCUT2D eigenvalue weighted by molar-refractivity contribution is 14.0. The molecule has 0 atom stereocenters. The van der Waals surface area contributed by atoms with Crippen LogP contribution in [0.25, 0.3) is 0 Å². The van der Waals surface area contributed by atoms with Gasteiger partial charge in [-0.25, -0.2) is 8.42 Å². The summed E-state index contributed by atoms with van der Waals surface area (Å²) in [6.45, 7) is 3.60. The van der Waals surface area contributed by atoms with Gasteiger partial charge in [0, 0.05) is 39.8 Å². The smallest absolute Gasteiger partial charge is 0.231 e. The summed E-state index contributed by atoms with van der Waals surface area (Å²) in [5.41, 5.74) is 1.08. The number of sulfone groups is 1. The lowest BCUT2D eigenvalue weighted by molar-refractivity contribution is 0.174. The monoisotopic (exact) mass is 496 g/mol. The van der Waals surface area contributed by atoms with Crippen LogP contribution in [-0.4, -0.2) is 70.8 Å². The van der Waals surface area contributed by atoms with Crippen LogP contribution in [0.15, 0.2) is 23.2 Å². The molecule has 146 valence electrons. The second kappa shape index (κ2) is 9.60. The van der Waals surface area contributed by atoms with Crippen LogP contribution in [0.1, 0.15) is 5.56 Å². The Bertz CT molecular complexity index is 728. The number of hydrogen-bond acceptors (Lipinski definition) is 6. The van der Waals surface area contributed by atoms with Crippen molar-refractivity contribution >= 4 is 39.8 Å². The molecule has 2 heterocycles. The van der Waals surface area contributed by atoms with Crippen LogP contribution in [0, 0.1) is 0 Å². The Morgan fingerprint density at radius 3 is 2.65 bits per heavy atom. The number of guanidine groups is 1. The molecule has 0 amide bonds. The van der Waals surface area contributed by atoms with Gasteiger partial charge in [-0.15, -0.1) is 24.0 Å². The summed E-state index contributed by atoms with van der Waals surface area (Å²) in [6.07, 6.45) is 0. The summed E-state index contributed by atoms with van der Waals surface area (Å²) in [5, 5.41) is 6.51. The van der Waals surface area contributed by atoms with Gasteiger partial charge < -0.3 is 20.1 Å². The molecule has 10 heteroatoms. The van der Waals surface area contributed by atoms with E-state index in [1.807, 2.05) is 18.2 Å². The molecule has 0 bridgehead atoms. The van der Waals surface area contributed by atoms with Crippen molar-refractivity contribution in [2.45, 2.75) is 6.54 Å². The van der Waals surface area contributed by atoms with E-state index in [9.17, 15) is 8.42 Å². The molecule has 1 aromatic carbocycles. The number of rotatable bonds is 5.